The molecule has 2 aromatic rings. The second kappa shape index (κ2) is 5.11. The summed E-state index contributed by atoms with van der Waals surface area (Å²) in [7, 11) is 1.50. The highest BCUT2D eigenvalue weighted by Gasteiger charge is 2.16. The number of carboxylic acid groups (broad SMARTS) is 1. The Morgan fingerprint density at radius 2 is 2.21 bits per heavy atom. The van der Waals surface area contributed by atoms with E-state index in [2.05, 4.69) is 0 Å². The van der Waals surface area contributed by atoms with Crippen LogP contribution in [0.2, 0.25) is 5.02 Å². The van der Waals surface area contributed by atoms with Crippen LogP contribution >= 0.6 is 11.6 Å². The Labute approximate surface area is 115 Å². The molecule has 6 heteroatoms. The normalized spacial score (nSPS) is 12.6. The SMILES string of the molecule is COc1cc2c(C(C)O)cn(CC(=O)O)c2cc1Cl. The molecule has 2 rings (SSSR count). The number of hydrogen-bond donors (Lipinski definition) is 2. The summed E-state index contributed by atoms with van der Waals surface area (Å²) in [5.74, 6) is -0.467. The van der Waals surface area contributed by atoms with Crippen LogP contribution in [0.4, 0.5) is 0 Å². The number of ether oxygens (including phenoxy) is 1. The van der Waals surface area contributed by atoms with E-state index in [4.69, 9.17) is 21.4 Å². The molecule has 102 valence electrons. The highest BCUT2D eigenvalue weighted by Crippen LogP contribution is 2.34. The quantitative estimate of drug-likeness (QED) is 0.904. The number of rotatable bonds is 4. The Hall–Kier alpha value is -1.72. The summed E-state index contributed by atoms with van der Waals surface area (Å²) >= 11 is 6.05. The summed E-state index contributed by atoms with van der Waals surface area (Å²) in [5.41, 5.74) is 1.30. The fourth-order valence-corrected chi connectivity index (χ4v) is 2.32. The molecule has 1 unspecified atom stereocenters. The van der Waals surface area contributed by atoms with Crippen molar-refractivity contribution >= 4 is 28.5 Å². The van der Waals surface area contributed by atoms with Crippen molar-refractivity contribution in [3.8, 4) is 5.75 Å². The third kappa shape index (κ3) is 2.52. The highest BCUT2D eigenvalue weighted by atomic mass is 35.5. The standard InChI is InChI=1S/C13H14ClNO4/c1-7(16)9-5-15(6-13(17)18)11-4-10(14)12(19-2)3-8(9)11/h3-5,7,16H,6H2,1-2H3,(H,17,18). The van der Waals surface area contributed by atoms with Gasteiger partial charge in [-0.25, -0.2) is 0 Å². The second-order valence-electron chi connectivity index (χ2n) is 4.29. The Kier molecular flexibility index (Phi) is 3.68. The van der Waals surface area contributed by atoms with Crippen molar-refractivity contribution in [3.63, 3.8) is 0 Å². The second-order valence-corrected chi connectivity index (χ2v) is 4.69. The molecule has 5 nitrogen and oxygen atoms in total. The van der Waals surface area contributed by atoms with E-state index in [1.807, 2.05) is 0 Å². The molecule has 0 saturated heterocycles. The van der Waals surface area contributed by atoms with E-state index in [1.54, 1.807) is 29.8 Å². The number of methoxy groups -OCH3 is 1. The molecule has 0 aliphatic rings. The molecule has 1 atom stereocenters. The monoisotopic (exact) mass is 283 g/mol. The first-order chi connectivity index (χ1) is 8.93. The van der Waals surface area contributed by atoms with Gasteiger partial charge >= 0.3 is 5.97 Å². The first-order valence-corrected chi connectivity index (χ1v) is 6.08. The Bertz CT molecular complexity index is 633. The Balaban J connectivity index is 2.71. The number of aromatic nitrogens is 1. The molecule has 0 saturated carbocycles. The third-order valence-corrected chi connectivity index (χ3v) is 3.24. The topological polar surface area (TPSA) is 71.7 Å². The number of hydrogen-bond acceptors (Lipinski definition) is 3. The van der Waals surface area contributed by atoms with E-state index < -0.39 is 12.1 Å². The minimum absolute atomic E-state index is 0.189. The molecule has 0 spiro atoms. The van der Waals surface area contributed by atoms with Crippen molar-refractivity contribution < 1.29 is 19.7 Å². The predicted molar refractivity (Wildman–Crippen MR) is 71.8 cm³/mol. The lowest BCUT2D eigenvalue weighted by Crippen LogP contribution is -2.07. The van der Waals surface area contributed by atoms with Gasteiger partial charge in [0, 0.05) is 17.1 Å². The van der Waals surface area contributed by atoms with Gasteiger partial charge in [0.15, 0.2) is 0 Å². The summed E-state index contributed by atoms with van der Waals surface area (Å²) < 4.78 is 6.69. The van der Waals surface area contributed by atoms with Crippen molar-refractivity contribution in [3.05, 3.63) is 28.9 Å². The van der Waals surface area contributed by atoms with Crippen LogP contribution in [0.5, 0.6) is 5.75 Å². The maximum absolute atomic E-state index is 10.9. The van der Waals surface area contributed by atoms with E-state index in [1.165, 1.54) is 7.11 Å². The number of carboxylic acids is 1. The van der Waals surface area contributed by atoms with E-state index >= 15 is 0 Å². The lowest BCUT2D eigenvalue weighted by molar-refractivity contribution is -0.137. The van der Waals surface area contributed by atoms with Crippen LogP contribution in [0.1, 0.15) is 18.6 Å². The molecule has 1 aromatic heterocycles. The predicted octanol–water partition coefficient (Wildman–Crippen LogP) is 2.44. The first-order valence-electron chi connectivity index (χ1n) is 5.70. The van der Waals surface area contributed by atoms with Gasteiger partial charge in [-0.1, -0.05) is 11.6 Å². The van der Waals surface area contributed by atoms with Crippen LogP contribution in [-0.2, 0) is 11.3 Å². The highest BCUT2D eigenvalue weighted by molar-refractivity contribution is 6.32. The average molecular weight is 284 g/mol. The number of halogens is 1. The molecular formula is C13H14ClNO4. The van der Waals surface area contributed by atoms with Gasteiger partial charge in [-0.15, -0.1) is 0 Å². The first kappa shape index (κ1) is 13.7. The summed E-state index contributed by atoms with van der Waals surface area (Å²) in [6, 6.07) is 3.35. The van der Waals surface area contributed by atoms with E-state index in [0.717, 1.165) is 5.39 Å². The minimum Gasteiger partial charge on any atom is -0.495 e. The lowest BCUT2D eigenvalue weighted by atomic mass is 10.1. The molecule has 0 aliphatic heterocycles. The molecule has 1 heterocycles. The maximum Gasteiger partial charge on any atom is 0.323 e. The zero-order valence-corrected chi connectivity index (χ0v) is 11.3. The lowest BCUT2D eigenvalue weighted by Gasteiger charge is -2.06. The van der Waals surface area contributed by atoms with Gasteiger partial charge in [0.25, 0.3) is 0 Å². The maximum atomic E-state index is 10.9. The summed E-state index contributed by atoms with van der Waals surface area (Å²) in [6.07, 6.45) is 0.919. The smallest absolute Gasteiger partial charge is 0.323 e. The fraction of sp³-hybridized carbons (Fsp3) is 0.308. The summed E-state index contributed by atoms with van der Waals surface area (Å²) in [4.78, 5) is 10.9. The number of aliphatic hydroxyl groups excluding tert-OH is 1. The van der Waals surface area contributed by atoms with Gasteiger partial charge in [-0.3, -0.25) is 4.79 Å². The third-order valence-electron chi connectivity index (χ3n) is 2.94. The average Bonchev–Trinajstić information content (AvgIpc) is 2.66. The van der Waals surface area contributed by atoms with Gasteiger partial charge in [-0.05, 0) is 19.1 Å². The largest absolute Gasteiger partial charge is 0.495 e. The van der Waals surface area contributed by atoms with Crippen molar-refractivity contribution in [1.29, 1.82) is 0 Å². The van der Waals surface area contributed by atoms with E-state index in [0.29, 0.717) is 21.9 Å². The van der Waals surface area contributed by atoms with Crippen LogP contribution in [0.3, 0.4) is 0 Å². The van der Waals surface area contributed by atoms with Crippen LogP contribution in [0.25, 0.3) is 10.9 Å². The molecule has 0 amide bonds. The van der Waals surface area contributed by atoms with Gasteiger partial charge in [0.1, 0.15) is 12.3 Å². The van der Waals surface area contributed by atoms with Gasteiger partial charge in [0.2, 0.25) is 0 Å². The number of aliphatic carboxylic acids is 1. The molecule has 1 aromatic carbocycles. The minimum atomic E-state index is -0.957. The molecule has 0 aliphatic carbocycles. The van der Waals surface area contributed by atoms with Crippen LogP contribution in [0.15, 0.2) is 18.3 Å². The number of fused-ring (bicyclic) bond motifs is 1. The molecule has 0 fully saturated rings. The fourth-order valence-electron chi connectivity index (χ4n) is 2.08. The molecule has 0 radical (unpaired) electrons. The van der Waals surface area contributed by atoms with Gasteiger partial charge < -0.3 is 19.5 Å². The number of nitrogens with zero attached hydrogens (tertiary/aromatic N) is 1. The van der Waals surface area contributed by atoms with Crippen molar-refractivity contribution in [1.82, 2.24) is 4.57 Å². The molecule has 19 heavy (non-hydrogen) atoms. The molecular weight excluding hydrogens is 270 g/mol. The van der Waals surface area contributed by atoms with Gasteiger partial charge in [-0.2, -0.15) is 0 Å². The van der Waals surface area contributed by atoms with Crippen molar-refractivity contribution in [2.45, 2.75) is 19.6 Å². The zero-order valence-electron chi connectivity index (χ0n) is 10.6. The Morgan fingerprint density at radius 1 is 1.53 bits per heavy atom. The zero-order chi connectivity index (χ0) is 14.2. The van der Waals surface area contributed by atoms with Crippen LogP contribution in [-0.4, -0.2) is 27.9 Å². The molecule has 2 N–H and O–H groups in total. The van der Waals surface area contributed by atoms with E-state index in [-0.39, 0.29) is 6.54 Å². The van der Waals surface area contributed by atoms with Gasteiger partial charge in [0.05, 0.1) is 23.8 Å². The molecule has 0 bridgehead atoms. The Morgan fingerprint density at radius 3 is 2.74 bits per heavy atom. The van der Waals surface area contributed by atoms with Crippen LogP contribution in [0, 0.1) is 0 Å². The van der Waals surface area contributed by atoms with E-state index in [9.17, 15) is 9.90 Å². The van der Waals surface area contributed by atoms with Crippen LogP contribution < -0.4 is 4.74 Å². The van der Waals surface area contributed by atoms with Crippen molar-refractivity contribution in [2.24, 2.45) is 0 Å². The summed E-state index contributed by atoms with van der Waals surface area (Å²) in [5, 5.41) is 19.8. The number of benzene rings is 1. The number of aliphatic hydroxyl groups is 1. The number of carbonyl (C=O) groups is 1. The summed E-state index contributed by atoms with van der Waals surface area (Å²) in [6.45, 7) is 1.44. The van der Waals surface area contributed by atoms with Crippen molar-refractivity contribution in [2.75, 3.05) is 7.11 Å².